The van der Waals surface area contributed by atoms with Gasteiger partial charge in [-0.15, -0.1) is 0 Å². The standard InChI is InChI=1S/C20H18O6/c1-20(2,24)16-7-12-14(26-16)8-15-17(18(12)22)19(23)13(9-25-15)10-3-5-11(21)6-4-10/h3-6,8-9,16,21-22,24H,7H2,1-2H3/t16-/m0/s1. The Labute approximate surface area is 148 Å². The summed E-state index contributed by atoms with van der Waals surface area (Å²) in [5.74, 6) is 0.315. The van der Waals surface area contributed by atoms with E-state index in [0.717, 1.165) is 0 Å². The molecule has 0 aliphatic carbocycles. The minimum Gasteiger partial charge on any atom is -0.508 e. The zero-order valence-corrected chi connectivity index (χ0v) is 14.3. The average Bonchev–Trinajstić information content (AvgIpc) is 3.01. The number of aliphatic hydroxyl groups is 1. The van der Waals surface area contributed by atoms with E-state index in [1.807, 2.05) is 0 Å². The molecule has 6 nitrogen and oxygen atoms in total. The van der Waals surface area contributed by atoms with E-state index in [9.17, 15) is 20.1 Å². The summed E-state index contributed by atoms with van der Waals surface area (Å²) in [7, 11) is 0. The van der Waals surface area contributed by atoms with E-state index >= 15 is 0 Å². The Morgan fingerprint density at radius 1 is 1.15 bits per heavy atom. The first-order valence-electron chi connectivity index (χ1n) is 8.24. The topological polar surface area (TPSA) is 100 Å². The van der Waals surface area contributed by atoms with Gasteiger partial charge >= 0.3 is 0 Å². The average molecular weight is 354 g/mol. The molecule has 0 saturated carbocycles. The molecule has 3 aromatic rings. The first-order valence-corrected chi connectivity index (χ1v) is 8.24. The number of hydrogen-bond donors (Lipinski definition) is 3. The van der Waals surface area contributed by atoms with Crippen molar-refractivity contribution in [1.29, 1.82) is 0 Å². The molecule has 0 spiro atoms. The highest BCUT2D eigenvalue weighted by Gasteiger charge is 2.37. The van der Waals surface area contributed by atoms with Gasteiger partial charge in [-0.2, -0.15) is 0 Å². The largest absolute Gasteiger partial charge is 0.508 e. The van der Waals surface area contributed by atoms with Crippen LogP contribution >= 0.6 is 0 Å². The number of aromatic hydroxyl groups is 2. The summed E-state index contributed by atoms with van der Waals surface area (Å²) in [5.41, 5.74) is 0.0929. The van der Waals surface area contributed by atoms with Gasteiger partial charge in [-0.25, -0.2) is 0 Å². The summed E-state index contributed by atoms with van der Waals surface area (Å²) in [6, 6.07) is 7.72. The number of benzene rings is 2. The van der Waals surface area contributed by atoms with E-state index in [1.54, 1.807) is 32.0 Å². The molecule has 134 valence electrons. The van der Waals surface area contributed by atoms with Crippen LogP contribution in [0.15, 0.2) is 45.8 Å². The number of fused-ring (bicyclic) bond motifs is 2. The lowest BCUT2D eigenvalue weighted by atomic mass is 9.95. The van der Waals surface area contributed by atoms with Crippen LogP contribution in [-0.4, -0.2) is 27.0 Å². The molecule has 0 amide bonds. The second-order valence-corrected chi connectivity index (χ2v) is 7.06. The molecule has 1 aliphatic heterocycles. The smallest absolute Gasteiger partial charge is 0.204 e. The van der Waals surface area contributed by atoms with Crippen LogP contribution in [0.4, 0.5) is 0 Å². The van der Waals surface area contributed by atoms with Gasteiger partial charge in [0, 0.05) is 18.1 Å². The molecule has 0 unspecified atom stereocenters. The first kappa shape index (κ1) is 16.5. The molecule has 3 N–H and O–H groups in total. The Hall–Kier alpha value is -2.99. The van der Waals surface area contributed by atoms with Crippen molar-refractivity contribution in [3.05, 3.63) is 52.4 Å². The zero-order chi connectivity index (χ0) is 18.6. The van der Waals surface area contributed by atoms with E-state index in [1.165, 1.54) is 18.4 Å². The molecule has 0 bridgehead atoms. The van der Waals surface area contributed by atoms with E-state index in [-0.39, 0.29) is 33.5 Å². The molecule has 1 atom stereocenters. The Balaban J connectivity index is 1.89. The van der Waals surface area contributed by atoms with Crippen LogP contribution < -0.4 is 10.2 Å². The number of phenols is 2. The molecular formula is C20H18O6. The summed E-state index contributed by atoms with van der Waals surface area (Å²) < 4.78 is 11.3. The van der Waals surface area contributed by atoms with Gasteiger partial charge in [0.25, 0.3) is 0 Å². The molecule has 0 fully saturated rings. The van der Waals surface area contributed by atoms with E-state index in [0.29, 0.717) is 23.3 Å². The van der Waals surface area contributed by atoms with Crippen LogP contribution in [0.25, 0.3) is 22.1 Å². The number of ether oxygens (including phenoxy) is 1. The van der Waals surface area contributed by atoms with Gasteiger partial charge in [0.1, 0.15) is 40.6 Å². The van der Waals surface area contributed by atoms with Crippen LogP contribution in [0.5, 0.6) is 17.2 Å². The fourth-order valence-electron chi connectivity index (χ4n) is 3.20. The fraction of sp³-hybridized carbons (Fsp3) is 0.250. The van der Waals surface area contributed by atoms with Crippen molar-refractivity contribution in [3.8, 4) is 28.4 Å². The highest BCUT2D eigenvalue weighted by atomic mass is 16.5. The highest BCUT2D eigenvalue weighted by molar-refractivity contribution is 5.90. The van der Waals surface area contributed by atoms with Gasteiger partial charge in [-0.05, 0) is 31.5 Å². The van der Waals surface area contributed by atoms with Gasteiger partial charge in [0.15, 0.2) is 0 Å². The Morgan fingerprint density at radius 3 is 2.50 bits per heavy atom. The third-order valence-corrected chi connectivity index (χ3v) is 4.73. The quantitative estimate of drug-likeness (QED) is 0.654. The lowest BCUT2D eigenvalue weighted by molar-refractivity contribution is -0.0229. The second kappa shape index (κ2) is 5.51. The molecule has 0 radical (unpaired) electrons. The van der Waals surface area contributed by atoms with E-state index in [2.05, 4.69) is 0 Å². The monoisotopic (exact) mass is 354 g/mol. The predicted molar refractivity (Wildman–Crippen MR) is 95.7 cm³/mol. The zero-order valence-electron chi connectivity index (χ0n) is 14.3. The maximum absolute atomic E-state index is 12.9. The van der Waals surface area contributed by atoms with Crippen LogP contribution in [0.2, 0.25) is 0 Å². The number of phenolic OH excluding ortho intramolecular Hbond substituents is 2. The normalized spacial score (nSPS) is 16.5. The van der Waals surface area contributed by atoms with Gasteiger partial charge in [0.2, 0.25) is 5.43 Å². The summed E-state index contributed by atoms with van der Waals surface area (Å²) in [6.07, 6.45) is 1.10. The lowest BCUT2D eigenvalue weighted by Gasteiger charge is -2.24. The van der Waals surface area contributed by atoms with Gasteiger partial charge in [-0.1, -0.05) is 12.1 Å². The Bertz CT molecular complexity index is 1060. The lowest BCUT2D eigenvalue weighted by Crippen LogP contribution is -2.39. The van der Waals surface area contributed by atoms with Crippen molar-refractivity contribution in [2.24, 2.45) is 0 Å². The van der Waals surface area contributed by atoms with Crippen LogP contribution in [-0.2, 0) is 6.42 Å². The summed E-state index contributed by atoms with van der Waals surface area (Å²) in [6.45, 7) is 3.26. The third kappa shape index (κ3) is 2.50. The van der Waals surface area contributed by atoms with Crippen LogP contribution in [0.1, 0.15) is 19.4 Å². The van der Waals surface area contributed by atoms with Gasteiger partial charge in [-0.3, -0.25) is 4.79 Å². The second-order valence-electron chi connectivity index (χ2n) is 7.06. The Kier molecular flexibility index (Phi) is 3.49. The summed E-state index contributed by atoms with van der Waals surface area (Å²) >= 11 is 0. The summed E-state index contributed by atoms with van der Waals surface area (Å²) in [5, 5.41) is 30.4. The molecule has 6 heteroatoms. The molecule has 4 rings (SSSR count). The Morgan fingerprint density at radius 2 is 1.85 bits per heavy atom. The molecular weight excluding hydrogens is 336 g/mol. The van der Waals surface area contributed by atoms with Crippen molar-refractivity contribution in [2.45, 2.75) is 32.0 Å². The van der Waals surface area contributed by atoms with Crippen molar-refractivity contribution < 1.29 is 24.5 Å². The van der Waals surface area contributed by atoms with Crippen molar-refractivity contribution >= 4 is 11.0 Å². The SMILES string of the molecule is CC(C)(O)[C@@H]1Cc2c(cc3occ(-c4ccc(O)cc4)c(=O)c3c2O)O1. The number of hydrogen-bond acceptors (Lipinski definition) is 6. The molecule has 2 heterocycles. The maximum Gasteiger partial charge on any atom is 0.204 e. The minimum absolute atomic E-state index is 0.0781. The number of rotatable bonds is 2. The highest BCUT2D eigenvalue weighted by Crippen LogP contribution is 2.42. The summed E-state index contributed by atoms with van der Waals surface area (Å²) in [4.78, 5) is 12.9. The van der Waals surface area contributed by atoms with E-state index in [4.69, 9.17) is 9.15 Å². The maximum atomic E-state index is 12.9. The molecule has 1 aromatic heterocycles. The van der Waals surface area contributed by atoms with Gasteiger partial charge < -0.3 is 24.5 Å². The fourth-order valence-corrected chi connectivity index (χ4v) is 3.20. The van der Waals surface area contributed by atoms with Crippen LogP contribution in [0.3, 0.4) is 0 Å². The predicted octanol–water partition coefficient (Wildman–Crippen LogP) is 2.95. The molecule has 0 saturated heterocycles. The molecule has 26 heavy (non-hydrogen) atoms. The molecule has 1 aliphatic rings. The van der Waals surface area contributed by atoms with Crippen LogP contribution in [0, 0.1) is 0 Å². The van der Waals surface area contributed by atoms with Crippen molar-refractivity contribution in [2.75, 3.05) is 0 Å². The van der Waals surface area contributed by atoms with Crippen molar-refractivity contribution in [1.82, 2.24) is 0 Å². The van der Waals surface area contributed by atoms with Crippen molar-refractivity contribution in [3.63, 3.8) is 0 Å². The molecule has 2 aromatic carbocycles. The van der Waals surface area contributed by atoms with E-state index < -0.39 is 11.7 Å². The van der Waals surface area contributed by atoms with Gasteiger partial charge in [0.05, 0.1) is 11.2 Å². The third-order valence-electron chi connectivity index (χ3n) is 4.73. The first-order chi connectivity index (χ1) is 12.3. The minimum atomic E-state index is -1.09.